The molecule has 0 spiro atoms. The molecule has 2 N–H and O–H groups in total. The van der Waals surface area contributed by atoms with Crippen LogP contribution in [0.15, 0.2) is 12.1 Å². The van der Waals surface area contributed by atoms with Gasteiger partial charge in [-0.25, -0.2) is 0 Å². The van der Waals surface area contributed by atoms with Gasteiger partial charge in [0, 0.05) is 6.04 Å². The molecule has 2 rings (SSSR count). The van der Waals surface area contributed by atoms with Gasteiger partial charge in [0.25, 0.3) is 0 Å². The summed E-state index contributed by atoms with van der Waals surface area (Å²) in [7, 11) is 1.73. The number of ether oxygens (including phenoxy) is 1. The lowest BCUT2D eigenvalue weighted by Crippen LogP contribution is -2.23. The van der Waals surface area contributed by atoms with Gasteiger partial charge in [-0.1, -0.05) is 13.0 Å². The zero-order valence-corrected chi connectivity index (χ0v) is 11.3. The summed E-state index contributed by atoms with van der Waals surface area (Å²) in [6, 6.07) is 4.80. The van der Waals surface area contributed by atoms with E-state index in [0.29, 0.717) is 6.04 Å². The molecule has 1 aliphatic rings. The maximum Gasteiger partial charge on any atom is 0.122 e. The Morgan fingerprint density at radius 3 is 2.53 bits per heavy atom. The lowest BCUT2D eigenvalue weighted by atomic mass is 9.78. The largest absolute Gasteiger partial charge is 0.496 e. The van der Waals surface area contributed by atoms with Gasteiger partial charge in [0.2, 0.25) is 0 Å². The second kappa shape index (κ2) is 4.34. The summed E-state index contributed by atoms with van der Waals surface area (Å²) >= 11 is 0. The van der Waals surface area contributed by atoms with Gasteiger partial charge in [-0.15, -0.1) is 0 Å². The van der Waals surface area contributed by atoms with Crippen molar-refractivity contribution in [3.8, 4) is 5.75 Å². The molecule has 0 radical (unpaired) electrons. The van der Waals surface area contributed by atoms with Crippen molar-refractivity contribution in [2.75, 3.05) is 7.11 Å². The van der Waals surface area contributed by atoms with E-state index in [2.05, 4.69) is 32.9 Å². The van der Waals surface area contributed by atoms with Gasteiger partial charge in [0.1, 0.15) is 5.75 Å². The molecule has 0 aliphatic heterocycles. The van der Waals surface area contributed by atoms with Crippen LogP contribution >= 0.6 is 0 Å². The van der Waals surface area contributed by atoms with Crippen molar-refractivity contribution >= 4 is 0 Å². The zero-order chi connectivity index (χ0) is 12.6. The summed E-state index contributed by atoms with van der Waals surface area (Å²) in [4.78, 5) is 0. The number of hydrogen-bond donors (Lipinski definition) is 1. The van der Waals surface area contributed by atoms with Crippen molar-refractivity contribution in [2.45, 2.75) is 51.5 Å². The summed E-state index contributed by atoms with van der Waals surface area (Å²) in [6.45, 7) is 6.63. The Kier molecular flexibility index (Phi) is 3.17. The average Bonchev–Trinajstić information content (AvgIpc) is 2.62. The van der Waals surface area contributed by atoms with E-state index in [4.69, 9.17) is 10.5 Å². The summed E-state index contributed by atoms with van der Waals surface area (Å²) in [6.07, 6.45) is 3.43. The van der Waals surface area contributed by atoms with Crippen molar-refractivity contribution < 1.29 is 4.74 Å². The molecule has 0 aromatic heterocycles. The molecule has 2 unspecified atom stereocenters. The quantitative estimate of drug-likeness (QED) is 0.852. The molecule has 2 heteroatoms. The summed E-state index contributed by atoms with van der Waals surface area (Å²) in [5, 5.41) is 0. The molecular weight excluding hydrogens is 210 g/mol. The lowest BCUT2D eigenvalue weighted by molar-refractivity contribution is 0.409. The SMILES string of the molecule is COc1cc(C)c(C2(C)CCC(N)C2)cc1C. The molecule has 1 fully saturated rings. The van der Waals surface area contributed by atoms with Crippen LogP contribution in [0.3, 0.4) is 0 Å². The normalized spacial score (nSPS) is 28.4. The van der Waals surface area contributed by atoms with Crippen molar-refractivity contribution in [1.29, 1.82) is 0 Å². The predicted octanol–water partition coefficient (Wildman–Crippen LogP) is 3.08. The first-order valence-electron chi connectivity index (χ1n) is 6.37. The monoisotopic (exact) mass is 233 g/mol. The first-order valence-corrected chi connectivity index (χ1v) is 6.37. The van der Waals surface area contributed by atoms with Crippen molar-refractivity contribution in [3.05, 3.63) is 28.8 Å². The third-order valence-electron chi connectivity index (χ3n) is 4.17. The summed E-state index contributed by atoms with van der Waals surface area (Å²) in [5.74, 6) is 0.983. The molecule has 1 saturated carbocycles. The van der Waals surface area contributed by atoms with Crippen LogP contribution in [-0.4, -0.2) is 13.2 Å². The third kappa shape index (κ3) is 2.19. The van der Waals surface area contributed by atoms with Crippen LogP contribution in [-0.2, 0) is 5.41 Å². The van der Waals surface area contributed by atoms with Crippen LogP contribution < -0.4 is 10.5 Å². The van der Waals surface area contributed by atoms with Crippen molar-refractivity contribution in [2.24, 2.45) is 5.73 Å². The van der Waals surface area contributed by atoms with E-state index in [1.165, 1.54) is 23.1 Å². The van der Waals surface area contributed by atoms with Crippen LogP contribution in [0.1, 0.15) is 42.9 Å². The molecule has 94 valence electrons. The van der Waals surface area contributed by atoms with Crippen molar-refractivity contribution in [3.63, 3.8) is 0 Å². The summed E-state index contributed by atoms with van der Waals surface area (Å²) in [5.41, 5.74) is 10.3. The molecule has 2 atom stereocenters. The average molecular weight is 233 g/mol. The second-order valence-electron chi connectivity index (χ2n) is 5.70. The van der Waals surface area contributed by atoms with Gasteiger partial charge in [0.15, 0.2) is 0 Å². The molecule has 0 bridgehead atoms. The lowest BCUT2D eigenvalue weighted by Gasteiger charge is -2.27. The molecule has 2 nitrogen and oxygen atoms in total. The Hall–Kier alpha value is -1.02. The zero-order valence-electron chi connectivity index (χ0n) is 11.3. The Morgan fingerprint density at radius 2 is 2.00 bits per heavy atom. The number of hydrogen-bond acceptors (Lipinski definition) is 2. The van der Waals surface area contributed by atoms with Gasteiger partial charge in [-0.05, 0) is 61.3 Å². The van der Waals surface area contributed by atoms with Gasteiger partial charge >= 0.3 is 0 Å². The molecule has 1 aromatic carbocycles. The minimum Gasteiger partial charge on any atom is -0.496 e. The highest BCUT2D eigenvalue weighted by molar-refractivity contribution is 5.45. The number of nitrogens with two attached hydrogens (primary N) is 1. The van der Waals surface area contributed by atoms with E-state index < -0.39 is 0 Å². The third-order valence-corrected chi connectivity index (χ3v) is 4.17. The van der Waals surface area contributed by atoms with Gasteiger partial charge < -0.3 is 10.5 Å². The molecule has 0 heterocycles. The van der Waals surface area contributed by atoms with Crippen LogP contribution in [0.4, 0.5) is 0 Å². The van der Waals surface area contributed by atoms with E-state index in [1.54, 1.807) is 7.11 Å². The van der Waals surface area contributed by atoms with Gasteiger partial charge in [0.05, 0.1) is 7.11 Å². The smallest absolute Gasteiger partial charge is 0.122 e. The van der Waals surface area contributed by atoms with Crippen molar-refractivity contribution in [1.82, 2.24) is 0 Å². The first-order chi connectivity index (χ1) is 7.96. The number of methoxy groups -OCH3 is 1. The minimum absolute atomic E-state index is 0.251. The van der Waals surface area contributed by atoms with Crippen LogP contribution in [0.2, 0.25) is 0 Å². The molecule has 1 aliphatic carbocycles. The van der Waals surface area contributed by atoms with Crippen LogP contribution in [0.25, 0.3) is 0 Å². The highest BCUT2D eigenvalue weighted by Gasteiger charge is 2.36. The molecular formula is C15H23NO. The fourth-order valence-corrected chi connectivity index (χ4v) is 3.19. The van der Waals surface area contributed by atoms with Gasteiger partial charge in [-0.2, -0.15) is 0 Å². The fraction of sp³-hybridized carbons (Fsp3) is 0.600. The van der Waals surface area contributed by atoms with Crippen LogP contribution in [0, 0.1) is 13.8 Å². The topological polar surface area (TPSA) is 35.2 Å². The van der Waals surface area contributed by atoms with E-state index in [0.717, 1.165) is 18.6 Å². The Balaban J connectivity index is 2.42. The minimum atomic E-state index is 0.251. The second-order valence-corrected chi connectivity index (χ2v) is 5.70. The standard InChI is InChI=1S/C15H23NO/c1-10-8-14(17-4)11(2)7-13(10)15(3)6-5-12(16)9-15/h7-8,12H,5-6,9,16H2,1-4H3. The molecule has 1 aromatic rings. The fourth-order valence-electron chi connectivity index (χ4n) is 3.19. The molecule has 0 amide bonds. The van der Waals surface area contributed by atoms with E-state index in [9.17, 15) is 0 Å². The maximum absolute atomic E-state index is 6.07. The molecule has 17 heavy (non-hydrogen) atoms. The predicted molar refractivity (Wildman–Crippen MR) is 71.6 cm³/mol. The van der Waals surface area contributed by atoms with E-state index in [-0.39, 0.29) is 5.41 Å². The number of aryl methyl sites for hydroxylation is 2. The highest BCUT2D eigenvalue weighted by Crippen LogP contribution is 2.42. The van der Waals surface area contributed by atoms with Crippen LogP contribution in [0.5, 0.6) is 5.75 Å². The Bertz CT molecular complexity index is 427. The number of rotatable bonds is 2. The van der Waals surface area contributed by atoms with E-state index in [1.807, 2.05) is 0 Å². The maximum atomic E-state index is 6.07. The molecule has 0 saturated heterocycles. The Morgan fingerprint density at radius 1 is 1.29 bits per heavy atom. The highest BCUT2D eigenvalue weighted by atomic mass is 16.5. The first kappa shape index (κ1) is 12.4. The number of benzene rings is 1. The Labute approximate surface area is 104 Å². The van der Waals surface area contributed by atoms with Gasteiger partial charge in [-0.3, -0.25) is 0 Å². The summed E-state index contributed by atoms with van der Waals surface area (Å²) < 4.78 is 5.37. The van der Waals surface area contributed by atoms with E-state index >= 15 is 0 Å².